The van der Waals surface area contributed by atoms with Gasteiger partial charge in [-0.1, -0.05) is 350 Å². The van der Waals surface area contributed by atoms with Crippen molar-refractivity contribution in [2.24, 2.45) is 17.8 Å². The Hall–Kier alpha value is -1.59. The fraction of sp³-hybridized carbons (Fsp3) is 0.957. The van der Waals surface area contributed by atoms with E-state index in [1.54, 1.807) is 0 Å². The molecule has 3 atom stereocenters. The number of hydrogen-bond acceptors (Lipinski definition) is 6. The first kappa shape index (κ1) is 73.4. The van der Waals surface area contributed by atoms with Crippen molar-refractivity contribution in [1.29, 1.82) is 0 Å². The van der Waals surface area contributed by atoms with Crippen LogP contribution < -0.4 is 0 Å². The molecule has 0 aliphatic carbocycles. The molecule has 2 unspecified atom stereocenters. The van der Waals surface area contributed by atoms with E-state index >= 15 is 0 Å². The highest BCUT2D eigenvalue weighted by Crippen LogP contribution is 2.20. The average molecular weight is 1060 g/mol. The van der Waals surface area contributed by atoms with Crippen molar-refractivity contribution in [3.8, 4) is 0 Å². The Morgan fingerprint density at radius 3 is 0.693 bits per heavy atom. The van der Waals surface area contributed by atoms with E-state index in [-0.39, 0.29) is 31.1 Å². The molecule has 0 bridgehead atoms. The third-order valence-electron chi connectivity index (χ3n) is 16.6. The standard InChI is InChI=1S/C69H134O6/c1-7-64(5)56-50-44-38-32-26-20-13-11-9-10-12-14-22-28-34-40-46-52-58-67(70)73-61-66(75-69(72)60-54-48-42-36-30-24-17-15-19-25-31-37-43-49-55-63(3)4)62-74-68(71)59-53-47-41-35-29-23-18-16-21-27-33-39-45-51-57-65(6)8-2/h63-66H,7-62H2,1-6H3/t64?,65?,66-/m0/s1. The summed E-state index contributed by atoms with van der Waals surface area (Å²) in [6, 6.07) is 0. The number of esters is 3. The molecule has 0 aromatic carbocycles. The van der Waals surface area contributed by atoms with E-state index in [2.05, 4.69) is 41.5 Å². The normalized spacial score (nSPS) is 12.8. The minimum absolute atomic E-state index is 0.0621. The van der Waals surface area contributed by atoms with E-state index in [0.29, 0.717) is 19.3 Å². The molecule has 0 N–H and O–H groups in total. The van der Waals surface area contributed by atoms with Crippen molar-refractivity contribution >= 4 is 17.9 Å². The van der Waals surface area contributed by atoms with Crippen molar-refractivity contribution in [2.45, 2.75) is 394 Å². The molecule has 6 heteroatoms. The highest BCUT2D eigenvalue weighted by Gasteiger charge is 2.20. The van der Waals surface area contributed by atoms with Crippen LogP contribution in [0.5, 0.6) is 0 Å². The van der Waals surface area contributed by atoms with Crippen LogP contribution in [-0.2, 0) is 28.6 Å². The molecule has 0 saturated heterocycles. The molecule has 0 aromatic heterocycles. The quantitative estimate of drug-likeness (QED) is 0.0343. The molecular weight excluding hydrogens is 925 g/mol. The maximum Gasteiger partial charge on any atom is 0.306 e. The van der Waals surface area contributed by atoms with E-state index in [9.17, 15) is 14.4 Å². The number of carbonyl (C=O) groups excluding carboxylic acids is 3. The molecule has 0 amide bonds. The van der Waals surface area contributed by atoms with Crippen molar-refractivity contribution in [3.05, 3.63) is 0 Å². The second-order valence-corrected chi connectivity index (χ2v) is 24.8. The Labute approximate surface area is 469 Å². The van der Waals surface area contributed by atoms with Crippen molar-refractivity contribution in [2.75, 3.05) is 13.2 Å². The predicted octanol–water partition coefficient (Wildman–Crippen LogP) is 23.0. The van der Waals surface area contributed by atoms with Crippen LogP contribution in [0, 0.1) is 17.8 Å². The van der Waals surface area contributed by atoms with Gasteiger partial charge in [-0.2, -0.15) is 0 Å². The van der Waals surface area contributed by atoms with Gasteiger partial charge >= 0.3 is 17.9 Å². The summed E-state index contributed by atoms with van der Waals surface area (Å²) in [6.45, 7) is 13.9. The summed E-state index contributed by atoms with van der Waals surface area (Å²) in [6.07, 6.45) is 66.7. The Kier molecular flexibility index (Phi) is 58.8. The van der Waals surface area contributed by atoms with Crippen LogP contribution in [0.25, 0.3) is 0 Å². The third-order valence-corrected chi connectivity index (χ3v) is 16.6. The fourth-order valence-corrected chi connectivity index (χ4v) is 10.7. The zero-order chi connectivity index (χ0) is 54.8. The van der Waals surface area contributed by atoms with Crippen LogP contribution in [0.3, 0.4) is 0 Å². The van der Waals surface area contributed by atoms with Crippen molar-refractivity contribution in [3.63, 3.8) is 0 Å². The van der Waals surface area contributed by atoms with Crippen LogP contribution in [0.15, 0.2) is 0 Å². The van der Waals surface area contributed by atoms with E-state index in [1.165, 1.54) is 270 Å². The first-order valence-electron chi connectivity index (χ1n) is 34.2. The summed E-state index contributed by atoms with van der Waals surface area (Å²) in [5, 5.41) is 0. The Morgan fingerprint density at radius 2 is 0.467 bits per heavy atom. The lowest BCUT2D eigenvalue weighted by Gasteiger charge is -2.18. The predicted molar refractivity (Wildman–Crippen MR) is 326 cm³/mol. The Balaban J connectivity index is 4.27. The second kappa shape index (κ2) is 60.1. The molecule has 0 aliphatic rings. The van der Waals surface area contributed by atoms with Gasteiger partial charge in [-0.25, -0.2) is 0 Å². The molecular formula is C69H134O6. The fourth-order valence-electron chi connectivity index (χ4n) is 10.7. The van der Waals surface area contributed by atoms with Gasteiger partial charge in [0, 0.05) is 19.3 Å². The number of ether oxygens (including phenoxy) is 3. The molecule has 0 heterocycles. The first-order valence-corrected chi connectivity index (χ1v) is 34.2. The van der Waals surface area contributed by atoms with E-state index in [0.717, 1.165) is 75.5 Å². The lowest BCUT2D eigenvalue weighted by Crippen LogP contribution is -2.30. The molecule has 0 fully saturated rings. The zero-order valence-electron chi connectivity index (χ0n) is 51.9. The lowest BCUT2D eigenvalue weighted by molar-refractivity contribution is -0.167. The highest BCUT2D eigenvalue weighted by molar-refractivity contribution is 5.71. The summed E-state index contributed by atoms with van der Waals surface area (Å²) in [4.78, 5) is 38.4. The van der Waals surface area contributed by atoms with Gasteiger partial charge in [0.15, 0.2) is 6.10 Å². The van der Waals surface area contributed by atoms with Gasteiger partial charge in [-0.05, 0) is 37.0 Å². The third kappa shape index (κ3) is 59.9. The van der Waals surface area contributed by atoms with E-state index < -0.39 is 6.10 Å². The lowest BCUT2D eigenvalue weighted by atomic mass is 9.99. The first-order chi connectivity index (χ1) is 36.7. The molecule has 6 nitrogen and oxygen atoms in total. The van der Waals surface area contributed by atoms with Crippen LogP contribution in [0.2, 0.25) is 0 Å². The van der Waals surface area contributed by atoms with Gasteiger partial charge in [-0.15, -0.1) is 0 Å². The molecule has 0 saturated carbocycles. The average Bonchev–Trinajstić information content (AvgIpc) is 3.40. The number of rotatable bonds is 62. The molecule has 446 valence electrons. The monoisotopic (exact) mass is 1060 g/mol. The van der Waals surface area contributed by atoms with Crippen molar-refractivity contribution in [1.82, 2.24) is 0 Å². The van der Waals surface area contributed by atoms with Gasteiger partial charge < -0.3 is 14.2 Å². The number of carbonyl (C=O) groups is 3. The summed E-state index contributed by atoms with van der Waals surface area (Å²) in [5.41, 5.74) is 0. The molecule has 0 radical (unpaired) electrons. The molecule has 0 rings (SSSR count). The van der Waals surface area contributed by atoms with E-state index in [4.69, 9.17) is 14.2 Å². The molecule has 0 aromatic rings. The Bertz CT molecular complexity index is 1170. The van der Waals surface area contributed by atoms with Gasteiger partial charge in [-0.3, -0.25) is 14.4 Å². The Morgan fingerprint density at radius 1 is 0.267 bits per heavy atom. The zero-order valence-corrected chi connectivity index (χ0v) is 51.9. The van der Waals surface area contributed by atoms with Crippen molar-refractivity contribution < 1.29 is 28.6 Å². The highest BCUT2D eigenvalue weighted by atomic mass is 16.6. The minimum Gasteiger partial charge on any atom is -0.462 e. The van der Waals surface area contributed by atoms with Crippen LogP contribution in [0.1, 0.15) is 388 Å². The SMILES string of the molecule is CCC(C)CCCCCCCCCCCCCCCCCCCCC(=O)OC[C@@H](COC(=O)CCCCCCCCCCCCCCCCC(C)CC)OC(=O)CCCCCCCCCCCCCCCCC(C)C. The van der Waals surface area contributed by atoms with Gasteiger partial charge in [0.1, 0.15) is 13.2 Å². The second-order valence-electron chi connectivity index (χ2n) is 24.8. The van der Waals surface area contributed by atoms with E-state index in [1.807, 2.05) is 0 Å². The number of hydrogen-bond donors (Lipinski definition) is 0. The summed E-state index contributed by atoms with van der Waals surface area (Å²) in [5.74, 6) is 1.82. The van der Waals surface area contributed by atoms with Crippen LogP contribution in [0.4, 0.5) is 0 Å². The minimum atomic E-state index is -0.765. The van der Waals surface area contributed by atoms with Gasteiger partial charge in [0.05, 0.1) is 0 Å². The summed E-state index contributed by atoms with van der Waals surface area (Å²) in [7, 11) is 0. The summed E-state index contributed by atoms with van der Waals surface area (Å²) >= 11 is 0. The summed E-state index contributed by atoms with van der Waals surface area (Å²) < 4.78 is 17.0. The smallest absolute Gasteiger partial charge is 0.306 e. The van der Waals surface area contributed by atoms with Crippen LogP contribution in [-0.4, -0.2) is 37.2 Å². The maximum atomic E-state index is 12.9. The topological polar surface area (TPSA) is 78.9 Å². The number of unbranched alkanes of at least 4 members (excludes halogenated alkanes) is 43. The van der Waals surface area contributed by atoms with Crippen LogP contribution >= 0.6 is 0 Å². The van der Waals surface area contributed by atoms with Gasteiger partial charge in [0.25, 0.3) is 0 Å². The molecule has 0 spiro atoms. The molecule has 75 heavy (non-hydrogen) atoms. The molecule has 0 aliphatic heterocycles. The van der Waals surface area contributed by atoms with Gasteiger partial charge in [0.2, 0.25) is 0 Å². The largest absolute Gasteiger partial charge is 0.462 e. The maximum absolute atomic E-state index is 12.9.